The third kappa shape index (κ3) is 3.33. The van der Waals surface area contributed by atoms with Crippen molar-refractivity contribution in [3.05, 3.63) is 21.9 Å². The van der Waals surface area contributed by atoms with Crippen LogP contribution in [-0.2, 0) is 10.0 Å². The van der Waals surface area contributed by atoms with Gasteiger partial charge in [-0.3, -0.25) is 0 Å². The summed E-state index contributed by atoms with van der Waals surface area (Å²) in [7, 11) is -2.98. The van der Waals surface area contributed by atoms with Crippen LogP contribution in [0.2, 0.25) is 0 Å². The third-order valence-electron chi connectivity index (χ3n) is 4.54. The van der Waals surface area contributed by atoms with Crippen LogP contribution in [0.4, 0.5) is 0 Å². The Balaban J connectivity index is 1.53. The number of hydrogen-bond acceptors (Lipinski definition) is 4. The molecule has 1 saturated heterocycles. The van der Waals surface area contributed by atoms with Gasteiger partial charge in [0, 0.05) is 30.1 Å². The second-order valence-electron chi connectivity index (χ2n) is 6.27. The van der Waals surface area contributed by atoms with Gasteiger partial charge in [0.05, 0.1) is 5.25 Å². The van der Waals surface area contributed by atoms with E-state index in [2.05, 4.69) is 30.6 Å². The van der Waals surface area contributed by atoms with Crippen LogP contribution >= 0.6 is 11.3 Å². The molecule has 2 aliphatic rings. The van der Waals surface area contributed by atoms with Crippen molar-refractivity contribution < 1.29 is 8.42 Å². The van der Waals surface area contributed by atoms with Gasteiger partial charge < -0.3 is 5.32 Å². The van der Waals surface area contributed by atoms with Crippen molar-refractivity contribution in [1.82, 2.24) is 9.62 Å². The van der Waals surface area contributed by atoms with Gasteiger partial charge in [0.25, 0.3) is 0 Å². The maximum atomic E-state index is 12.2. The Morgan fingerprint density at radius 2 is 1.95 bits per heavy atom. The Bertz CT molecular complexity index is 585. The van der Waals surface area contributed by atoms with Gasteiger partial charge in [-0.25, -0.2) is 12.7 Å². The fourth-order valence-electron chi connectivity index (χ4n) is 3.11. The smallest absolute Gasteiger partial charge is 0.216 e. The van der Waals surface area contributed by atoms with Crippen LogP contribution in [0.1, 0.15) is 49.1 Å². The Hall–Kier alpha value is -0.430. The maximum Gasteiger partial charge on any atom is 0.216 e. The molecule has 118 valence electrons. The molecule has 0 spiro atoms. The number of sulfonamides is 1. The largest absolute Gasteiger partial charge is 0.307 e. The van der Waals surface area contributed by atoms with Crippen LogP contribution in [0.5, 0.6) is 0 Å². The fourth-order valence-corrected chi connectivity index (χ4v) is 5.93. The number of piperidine rings is 1. The van der Waals surface area contributed by atoms with Crippen LogP contribution in [0, 0.1) is 6.92 Å². The van der Waals surface area contributed by atoms with Crippen LogP contribution in [0.15, 0.2) is 11.4 Å². The zero-order valence-electron chi connectivity index (χ0n) is 12.7. The lowest BCUT2D eigenvalue weighted by Gasteiger charge is -2.33. The van der Waals surface area contributed by atoms with E-state index in [4.69, 9.17) is 0 Å². The molecular formula is C15H24N2O2S2. The molecule has 0 bridgehead atoms. The molecule has 0 amide bonds. The predicted molar refractivity (Wildman–Crippen MR) is 87.1 cm³/mol. The van der Waals surface area contributed by atoms with Gasteiger partial charge in [-0.05, 0) is 56.5 Å². The van der Waals surface area contributed by atoms with Crippen LogP contribution in [0.25, 0.3) is 0 Å². The summed E-state index contributed by atoms with van der Waals surface area (Å²) in [6, 6.07) is 2.93. The molecule has 21 heavy (non-hydrogen) atoms. The Labute approximate surface area is 131 Å². The number of hydrogen-bond donors (Lipinski definition) is 1. The molecule has 1 aromatic heterocycles. The Morgan fingerprint density at radius 1 is 1.29 bits per heavy atom. The average Bonchev–Trinajstić information content (AvgIpc) is 3.22. The number of aryl methyl sites for hydroxylation is 1. The second kappa shape index (κ2) is 5.99. The molecule has 2 heterocycles. The summed E-state index contributed by atoms with van der Waals surface area (Å²) >= 11 is 1.79. The van der Waals surface area contributed by atoms with Crippen LogP contribution in [0.3, 0.4) is 0 Å². The topological polar surface area (TPSA) is 49.4 Å². The normalized spacial score (nSPS) is 23.3. The zero-order chi connectivity index (χ0) is 15.0. The number of rotatable bonds is 5. The first-order valence-electron chi connectivity index (χ1n) is 7.77. The first kappa shape index (κ1) is 15.5. The van der Waals surface area contributed by atoms with Crippen molar-refractivity contribution in [2.75, 3.05) is 13.1 Å². The van der Waals surface area contributed by atoms with E-state index in [-0.39, 0.29) is 5.25 Å². The van der Waals surface area contributed by atoms with Crippen molar-refractivity contribution in [2.24, 2.45) is 0 Å². The number of nitrogens with zero attached hydrogens (tertiary/aromatic N) is 1. The highest BCUT2D eigenvalue weighted by Crippen LogP contribution is 2.32. The molecule has 1 aromatic rings. The second-order valence-corrected chi connectivity index (χ2v) is 9.43. The Morgan fingerprint density at radius 3 is 2.48 bits per heavy atom. The molecule has 1 saturated carbocycles. The van der Waals surface area contributed by atoms with E-state index < -0.39 is 10.0 Å². The molecular weight excluding hydrogens is 304 g/mol. The summed E-state index contributed by atoms with van der Waals surface area (Å²) in [6.45, 7) is 5.69. The molecule has 0 aromatic carbocycles. The molecule has 0 radical (unpaired) electrons. The van der Waals surface area contributed by atoms with Crippen molar-refractivity contribution in [3.63, 3.8) is 0 Å². The monoisotopic (exact) mass is 328 g/mol. The molecule has 2 fully saturated rings. The number of thiophene rings is 1. The molecule has 3 rings (SSSR count). The third-order valence-corrected chi connectivity index (χ3v) is 8.14. The van der Waals surface area contributed by atoms with E-state index in [1.807, 2.05) is 0 Å². The first-order valence-corrected chi connectivity index (χ1v) is 10.2. The Kier molecular flexibility index (Phi) is 4.41. The van der Waals surface area contributed by atoms with Crippen LogP contribution in [-0.4, -0.2) is 37.1 Å². The minimum atomic E-state index is -2.98. The van der Waals surface area contributed by atoms with Crippen LogP contribution < -0.4 is 5.32 Å². The summed E-state index contributed by atoms with van der Waals surface area (Å²) in [5.74, 6) is 0. The van der Waals surface area contributed by atoms with Gasteiger partial charge in [-0.1, -0.05) is 0 Å². The molecule has 4 nitrogen and oxygen atoms in total. The van der Waals surface area contributed by atoms with E-state index in [1.54, 1.807) is 15.6 Å². The molecule has 1 atom stereocenters. The van der Waals surface area contributed by atoms with Crippen molar-refractivity contribution in [1.29, 1.82) is 0 Å². The standard InChI is InChI=1S/C15H24N2O2S2/c1-11-7-10-20-15(11)12(2)16-13-5-8-17(9-6-13)21(18,19)14-3-4-14/h7,10,12-14,16H,3-6,8-9H2,1-2H3/t12-/m0/s1. The summed E-state index contributed by atoms with van der Waals surface area (Å²) in [5.41, 5.74) is 1.34. The molecule has 1 aliphatic heterocycles. The van der Waals surface area contributed by atoms with Gasteiger partial charge in [0.1, 0.15) is 0 Å². The minimum absolute atomic E-state index is 0.0744. The van der Waals surface area contributed by atoms with Gasteiger partial charge in [0.2, 0.25) is 10.0 Å². The molecule has 1 N–H and O–H groups in total. The summed E-state index contributed by atoms with van der Waals surface area (Å²) in [4.78, 5) is 1.39. The van der Waals surface area contributed by atoms with Gasteiger partial charge in [-0.2, -0.15) is 0 Å². The fraction of sp³-hybridized carbons (Fsp3) is 0.733. The van der Waals surface area contributed by atoms with Crippen molar-refractivity contribution >= 4 is 21.4 Å². The van der Waals surface area contributed by atoms with E-state index >= 15 is 0 Å². The minimum Gasteiger partial charge on any atom is -0.307 e. The highest BCUT2D eigenvalue weighted by Gasteiger charge is 2.41. The summed E-state index contributed by atoms with van der Waals surface area (Å²) in [6.07, 6.45) is 3.55. The zero-order valence-corrected chi connectivity index (χ0v) is 14.3. The maximum absolute atomic E-state index is 12.2. The lowest BCUT2D eigenvalue weighted by atomic mass is 10.0. The molecule has 0 unspecified atom stereocenters. The summed E-state index contributed by atoms with van der Waals surface area (Å²) < 4.78 is 26.1. The number of nitrogens with one attached hydrogen (secondary N) is 1. The van der Waals surface area contributed by atoms with Gasteiger partial charge in [0.15, 0.2) is 0 Å². The quantitative estimate of drug-likeness (QED) is 0.904. The van der Waals surface area contributed by atoms with Gasteiger partial charge in [-0.15, -0.1) is 11.3 Å². The molecule has 1 aliphatic carbocycles. The van der Waals surface area contributed by atoms with Crippen molar-refractivity contribution in [2.45, 2.75) is 56.9 Å². The predicted octanol–water partition coefficient (Wildman–Crippen LogP) is 2.66. The average molecular weight is 329 g/mol. The lowest BCUT2D eigenvalue weighted by Crippen LogP contribution is -2.46. The van der Waals surface area contributed by atoms with Crippen molar-refractivity contribution in [3.8, 4) is 0 Å². The lowest BCUT2D eigenvalue weighted by molar-refractivity contribution is 0.277. The SMILES string of the molecule is Cc1ccsc1[C@H](C)NC1CCN(S(=O)(=O)C2CC2)CC1. The van der Waals surface area contributed by atoms with Gasteiger partial charge >= 0.3 is 0 Å². The van der Waals surface area contributed by atoms with E-state index in [1.165, 1.54) is 10.4 Å². The highest BCUT2D eigenvalue weighted by atomic mass is 32.2. The van der Waals surface area contributed by atoms with E-state index in [0.29, 0.717) is 25.2 Å². The first-order chi connectivity index (χ1) is 9.98. The van der Waals surface area contributed by atoms with E-state index in [0.717, 1.165) is 25.7 Å². The highest BCUT2D eigenvalue weighted by molar-refractivity contribution is 7.90. The van der Waals surface area contributed by atoms with E-state index in [9.17, 15) is 8.42 Å². The summed E-state index contributed by atoms with van der Waals surface area (Å²) in [5, 5.41) is 5.73. The molecule has 6 heteroatoms.